The maximum absolute atomic E-state index is 12.9. The van der Waals surface area contributed by atoms with Crippen molar-refractivity contribution in [3.05, 3.63) is 83.9 Å². The van der Waals surface area contributed by atoms with E-state index >= 15 is 0 Å². The molecule has 0 unspecified atom stereocenters. The van der Waals surface area contributed by atoms with Crippen molar-refractivity contribution in [1.82, 2.24) is 5.32 Å². The average molecular weight is 503 g/mol. The number of nitrogens with zero attached hydrogens (tertiary/aromatic N) is 1. The molecule has 3 rings (SSSR count). The first-order chi connectivity index (χ1) is 15.9. The first-order valence-corrected chi connectivity index (χ1v) is 13.6. The minimum Gasteiger partial charge on any atom is -0.497 e. The molecule has 0 fully saturated rings. The van der Waals surface area contributed by atoms with Crippen molar-refractivity contribution in [2.75, 3.05) is 24.7 Å². The van der Waals surface area contributed by atoms with Crippen LogP contribution in [0.1, 0.15) is 28.9 Å². The van der Waals surface area contributed by atoms with E-state index in [-0.39, 0.29) is 21.7 Å². The largest absolute Gasteiger partial charge is 0.497 e. The summed E-state index contributed by atoms with van der Waals surface area (Å²) in [5.74, 6) is 0.212. The summed E-state index contributed by atoms with van der Waals surface area (Å²) in [5.41, 5.74) is 1.51. The van der Waals surface area contributed by atoms with Gasteiger partial charge in [-0.2, -0.15) is 0 Å². The molecule has 0 saturated heterocycles. The highest BCUT2D eigenvalue weighted by Gasteiger charge is 2.22. The van der Waals surface area contributed by atoms with Gasteiger partial charge in [-0.15, -0.1) is 0 Å². The number of methoxy groups -OCH3 is 1. The number of anilines is 1. The summed E-state index contributed by atoms with van der Waals surface area (Å²) in [5, 5.41) is 2.85. The molecule has 1 N–H and O–H groups in total. The van der Waals surface area contributed by atoms with Crippen molar-refractivity contribution in [3.8, 4) is 5.75 Å². The lowest BCUT2D eigenvalue weighted by Crippen LogP contribution is -2.28. The van der Waals surface area contributed by atoms with Crippen LogP contribution in [-0.2, 0) is 19.9 Å². The summed E-state index contributed by atoms with van der Waals surface area (Å²) in [6.45, 7) is 1.79. The number of sulfone groups is 1. The lowest BCUT2D eigenvalue weighted by atomic mass is 10.1. The van der Waals surface area contributed by atoms with Crippen LogP contribution in [0.25, 0.3) is 0 Å². The highest BCUT2D eigenvalue weighted by atomic mass is 32.2. The van der Waals surface area contributed by atoms with Gasteiger partial charge >= 0.3 is 0 Å². The molecule has 0 aliphatic heterocycles. The SMILES string of the molecule is COc1ccc(S(=O)(=O)N(C)c2ccc(C(=O)N[C@@H](C)c3ccc(S(C)(=O)=O)cc3)cc2)cc1. The van der Waals surface area contributed by atoms with E-state index in [2.05, 4.69) is 5.32 Å². The monoisotopic (exact) mass is 502 g/mol. The number of nitrogens with one attached hydrogen (secondary N) is 1. The van der Waals surface area contributed by atoms with Gasteiger partial charge in [0.15, 0.2) is 9.84 Å². The maximum atomic E-state index is 12.9. The van der Waals surface area contributed by atoms with Crippen LogP contribution in [0.3, 0.4) is 0 Å². The van der Waals surface area contributed by atoms with Gasteiger partial charge in [-0.05, 0) is 73.2 Å². The molecule has 3 aromatic rings. The Balaban J connectivity index is 1.71. The molecule has 0 aliphatic carbocycles. The minimum absolute atomic E-state index is 0.119. The molecule has 0 aliphatic rings. The van der Waals surface area contributed by atoms with E-state index in [1.165, 1.54) is 38.4 Å². The summed E-state index contributed by atoms with van der Waals surface area (Å²) in [7, 11) is -4.13. The highest BCUT2D eigenvalue weighted by molar-refractivity contribution is 7.92. The molecule has 34 heavy (non-hydrogen) atoms. The van der Waals surface area contributed by atoms with Gasteiger partial charge in [0.05, 0.1) is 28.6 Å². The Morgan fingerprint density at radius 1 is 0.853 bits per heavy atom. The van der Waals surface area contributed by atoms with Gasteiger partial charge in [0.2, 0.25) is 0 Å². The number of carbonyl (C=O) groups excluding carboxylic acids is 1. The van der Waals surface area contributed by atoms with Crippen molar-refractivity contribution < 1.29 is 26.4 Å². The Kier molecular flexibility index (Phi) is 7.32. The Labute approximate surface area is 200 Å². The van der Waals surface area contributed by atoms with Crippen LogP contribution in [0.5, 0.6) is 5.75 Å². The van der Waals surface area contributed by atoms with Crippen molar-refractivity contribution in [3.63, 3.8) is 0 Å². The van der Waals surface area contributed by atoms with Gasteiger partial charge in [-0.3, -0.25) is 9.10 Å². The molecule has 1 amide bonds. The molecule has 0 spiro atoms. The van der Waals surface area contributed by atoms with Crippen LogP contribution in [0.4, 0.5) is 5.69 Å². The molecule has 0 saturated carbocycles. The van der Waals surface area contributed by atoms with Crippen LogP contribution >= 0.6 is 0 Å². The predicted molar refractivity (Wildman–Crippen MR) is 130 cm³/mol. The number of sulfonamides is 1. The van der Waals surface area contributed by atoms with Gasteiger partial charge in [-0.25, -0.2) is 16.8 Å². The van der Waals surface area contributed by atoms with E-state index in [4.69, 9.17) is 4.74 Å². The zero-order chi connectivity index (χ0) is 25.1. The fourth-order valence-corrected chi connectivity index (χ4v) is 5.06. The number of amides is 1. The molecule has 3 aromatic carbocycles. The smallest absolute Gasteiger partial charge is 0.264 e. The average Bonchev–Trinajstić information content (AvgIpc) is 2.83. The molecular weight excluding hydrogens is 476 g/mol. The lowest BCUT2D eigenvalue weighted by Gasteiger charge is -2.20. The molecule has 8 nitrogen and oxygen atoms in total. The third-order valence-corrected chi connectivity index (χ3v) is 8.30. The second-order valence-electron chi connectivity index (χ2n) is 7.73. The summed E-state index contributed by atoms with van der Waals surface area (Å²) in [6.07, 6.45) is 1.14. The van der Waals surface area contributed by atoms with Crippen LogP contribution in [0.15, 0.2) is 82.6 Å². The van der Waals surface area contributed by atoms with E-state index in [1.54, 1.807) is 55.5 Å². The zero-order valence-electron chi connectivity index (χ0n) is 19.2. The van der Waals surface area contributed by atoms with Crippen molar-refractivity contribution in [2.24, 2.45) is 0 Å². The fraction of sp³-hybridized carbons (Fsp3) is 0.208. The van der Waals surface area contributed by atoms with Crippen molar-refractivity contribution in [2.45, 2.75) is 22.8 Å². The Morgan fingerprint density at radius 2 is 1.38 bits per heavy atom. The van der Waals surface area contributed by atoms with E-state index in [0.29, 0.717) is 17.0 Å². The Bertz CT molecular complexity index is 1370. The van der Waals surface area contributed by atoms with Gasteiger partial charge in [0, 0.05) is 18.9 Å². The summed E-state index contributed by atoms with van der Waals surface area (Å²) in [6, 6.07) is 18.2. The van der Waals surface area contributed by atoms with E-state index in [1.807, 2.05) is 0 Å². The first-order valence-electron chi connectivity index (χ1n) is 10.3. The third kappa shape index (κ3) is 5.57. The number of hydrogen-bond acceptors (Lipinski definition) is 6. The first kappa shape index (κ1) is 25.3. The lowest BCUT2D eigenvalue weighted by molar-refractivity contribution is 0.0940. The minimum atomic E-state index is -3.78. The van der Waals surface area contributed by atoms with Gasteiger partial charge in [0.1, 0.15) is 5.75 Å². The van der Waals surface area contributed by atoms with Crippen molar-refractivity contribution in [1.29, 1.82) is 0 Å². The molecule has 0 heterocycles. The third-order valence-electron chi connectivity index (χ3n) is 5.37. The number of benzene rings is 3. The van der Waals surface area contributed by atoms with E-state index in [9.17, 15) is 21.6 Å². The molecule has 1 atom stereocenters. The van der Waals surface area contributed by atoms with Crippen LogP contribution in [0, 0.1) is 0 Å². The number of hydrogen-bond donors (Lipinski definition) is 1. The summed E-state index contributed by atoms with van der Waals surface area (Å²) < 4.78 is 55.2. The fourth-order valence-electron chi connectivity index (χ4n) is 3.23. The highest BCUT2D eigenvalue weighted by Crippen LogP contribution is 2.24. The van der Waals surface area contributed by atoms with E-state index < -0.39 is 19.9 Å². The second kappa shape index (κ2) is 9.86. The molecular formula is C24H26N2O6S2. The topological polar surface area (TPSA) is 110 Å². The Hall–Kier alpha value is -3.37. The number of carbonyl (C=O) groups is 1. The summed E-state index contributed by atoms with van der Waals surface area (Å²) >= 11 is 0. The number of ether oxygens (including phenoxy) is 1. The molecule has 0 aromatic heterocycles. The number of rotatable bonds is 8. The second-order valence-corrected chi connectivity index (χ2v) is 11.7. The molecule has 180 valence electrons. The zero-order valence-corrected chi connectivity index (χ0v) is 20.9. The summed E-state index contributed by atoms with van der Waals surface area (Å²) in [4.78, 5) is 13.0. The van der Waals surface area contributed by atoms with Crippen molar-refractivity contribution >= 4 is 31.5 Å². The van der Waals surface area contributed by atoms with Gasteiger partial charge in [0.25, 0.3) is 15.9 Å². The van der Waals surface area contributed by atoms with E-state index in [0.717, 1.165) is 16.1 Å². The quantitative estimate of drug-likeness (QED) is 0.506. The Morgan fingerprint density at radius 3 is 1.88 bits per heavy atom. The van der Waals surface area contributed by atoms with Crippen LogP contribution < -0.4 is 14.4 Å². The molecule has 10 heteroatoms. The maximum Gasteiger partial charge on any atom is 0.264 e. The molecule has 0 radical (unpaired) electrons. The van der Waals surface area contributed by atoms with Gasteiger partial charge < -0.3 is 10.1 Å². The predicted octanol–water partition coefficient (Wildman–Crippen LogP) is 3.41. The standard InChI is InChI=1S/C24H26N2O6S2/c1-17(18-7-13-22(14-8-18)33(4,28)29)25-24(27)19-5-9-20(10-6-19)26(2)34(30,31)23-15-11-21(32-3)12-16-23/h5-17H,1-4H3,(H,25,27)/t17-/m0/s1. The molecule has 0 bridgehead atoms. The van der Waals surface area contributed by atoms with Gasteiger partial charge in [-0.1, -0.05) is 12.1 Å². The normalized spacial score (nSPS) is 12.6. The van der Waals surface area contributed by atoms with Crippen LogP contribution in [0.2, 0.25) is 0 Å². The van der Waals surface area contributed by atoms with Crippen LogP contribution in [-0.4, -0.2) is 43.2 Å².